The Morgan fingerprint density at radius 3 is 2.53 bits per heavy atom. The van der Waals surface area contributed by atoms with Gasteiger partial charge in [0.25, 0.3) is 11.6 Å². The Kier molecular flexibility index (Phi) is 5.46. The summed E-state index contributed by atoms with van der Waals surface area (Å²) >= 11 is 4.71. The van der Waals surface area contributed by atoms with Crippen molar-refractivity contribution in [2.75, 3.05) is 5.01 Å². The number of carbonyl (C=O) groups excluding carboxylic acids is 1. The summed E-state index contributed by atoms with van der Waals surface area (Å²) in [6, 6.07) is 12.5. The summed E-state index contributed by atoms with van der Waals surface area (Å²) in [5.74, 6) is -0.352. The quantitative estimate of drug-likeness (QED) is 0.275. The molecule has 0 radical (unpaired) electrons. The summed E-state index contributed by atoms with van der Waals surface area (Å²) in [6.07, 6.45) is 0. The van der Waals surface area contributed by atoms with Gasteiger partial charge in [0.15, 0.2) is 6.04 Å². The minimum absolute atomic E-state index is 0.0415. The van der Waals surface area contributed by atoms with Crippen LogP contribution in [0.5, 0.6) is 0 Å². The van der Waals surface area contributed by atoms with Crippen LogP contribution in [0.1, 0.15) is 6.92 Å². The van der Waals surface area contributed by atoms with E-state index in [2.05, 4.69) is 36.2 Å². The zero-order valence-electron chi connectivity index (χ0n) is 15.5. The van der Waals surface area contributed by atoms with Crippen LogP contribution >= 0.6 is 27.3 Å². The number of amides is 1. The van der Waals surface area contributed by atoms with E-state index in [-0.39, 0.29) is 11.6 Å². The average Bonchev–Trinajstić information content (AvgIpc) is 3.32. The van der Waals surface area contributed by atoms with Crippen molar-refractivity contribution in [1.29, 1.82) is 0 Å². The number of nitro groups is 1. The molecule has 0 unspecified atom stereocenters. The van der Waals surface area contributed by atoms with Gasteiger partial charge in [0.05, 0.1) is 22.0 Å². The van der Waals surface area contributed by atoms with Gasteiger partial charge in [-0.15, -0.1) is 11.3 Å². The second kappa shape index (κ2) is 8.20. The lowest BCUT2D eigenvalue weighted by molar-refractivity contribution is -0.384. The average molecular weight is 485 g/mol. The molecule has 0 bridgehead atoms. The number of thiazole rings is 1. The van der Waals surface area contributed by atoms with Gasteiger partial charge in [-0.1, -0.05) is 28.1 Å². The Morgan fingerprint density at radius 2 is 1.87 bits per heavy atom. The van der Waals surface area contributed by atoms with Crippen LogP contribution in [0.15, 0.2) is 73.7 Å². The lowest BCUT2D eigenvalue weighted by Gasteiger charge is -2.08. The van der Waals surface area contributed by atoms with Gasteiger partial charge < -0.3 is 0 Å². The number of non-ortho nitro benzene ring substituents is 1. The number of carbonyl (C=O) groups is 1. The van der Waals surface area contributed by atoms with Gasteiger partial charge in [0.1, 0.15) is 0 Å². The first kappa shape index (κ1) is 20.0. The molecule has 0 aliphatic carbocycles. The number of nitrogens with zero attached hydrogens (tertiary/aromatic N) is 6. The van der Waals surface area contributed by atoms with E-state index in [1.165, 1.54) is 40.6 Å². The van der Waals surface area contributed by atoms with Crippen molar-refractivity contribution < 1.29 is 9.72 Å². The number of halogens is 1. The molecular weight excluding hydrogens is 472 g/mol. The first-order valence-corrected chi connectivity index (χ1v) is 10.4. The third kappa shape index (κ3) is 4.02. The molecule has 150 valence electrons. The van der Waals surface area contributed by atoms with Crippen molar-refractivity contribution in [3.05, 3.63) is 68.5 Å². The second-order valence-corrected chi connectivity index (χ2v) is 8.06. The molecule has 0 fully saturated rings. The van der Waals surface area contributed by atoms with E-state index >= 15 is 0 Å². The molecule has 1 atom stereocenters. The molecule has 0 saturated carbocycles. The Balaban J connectivity index is 1.51. The summed E-state index contributed by atoms with van der Waals surface area (Å²) in [7, 11) is 0. The van der Waals surface area contributed by atoms with Crippen LogP contribution in [0.25, 0.3) is 11.3 Å². The molecule has 1 aliphatic heterocycles. The molecule has 1 amide bonds. The van der Waals surface area contributed by atoms with Crippen LogP contribution in [-0.4, -0.2) is 27.6 Å². The molecule has 11 heteroatoms. The van der Waals surface area contributed by atoms with Gasteiger partial charge >= 0.3 is 0 Å². The normalized spacial score (nSPS) is 16.3. The molecule has 30 heavy (non-hydrogen) atoms. The smallest absolute Gasteiger partial charge is 0.269 e. The maximum atomic E-state index is 12.8. The number of hydrogen-bond donors (Lipinski definition) is 0. The lowest BCUT2D eigenvalue weighted by Crippen LogP contribution is -2.29. The molecular formula is C19H13BrN6O3S. The van der Waals surface area contributed by atoms with E-state index in [4.69, 9.17) is 0 Å². The van der Waals surface area contributed by atoms with Crippen molar-refractivity contribution >= 4 is 55.4 Å². The summed E-state index contributed by atoms with van der Waals surface area (Å²) in [4.78, 5) is 27.5. The van der Waals surface area contributed by atoms with Crippen molar-refractivity contribution in [3.8, 4) is 11.3 Å². The zero-order chi connectivity index (χ0) is 21.3. The number of nitro benzene ring substituents is 1. The minimum atomic E-state index is -0.861. The van der Waals surface area contributed by atoms with E-state index < -0.39 is 11.0 Å². The van der Waals surface area contributed by atoms with E-state index in [9.17, 15) is 14.9 Å². The van der Waals surface area contributed by atoms with Crippen LogP contribution in [0.2, 0.25) is 0 Å². The highest BCUT2D eigenvalue weighted by molar-refractivity contribution is 9.10. The zero-order valence-corrected chi connectivity index (χ0v) is 17.9. The van der Waals surface area contributed by atoms with Crippen molar-refractivity contribution in [3.63, 3.8) is 0 Å². The maximum Gasteiger partial charge on any atom is 0.282 e. The van der Waals surface area contributed by atoms with E-state index in [1.54, 1.807) is 6.92 Å². The topological polar surface area (TPSA) is 113 Å². The van der Waals surface area contributed by atoms with E-state index in [0.717, 1.165) is 15.7 Å². The molecule has 0 N–H and O–H groups in total. The third-order valence-corrected chi connectivity index (χ3v) is 5.60. The largest absolute Gasteiger partial charge is 0.282 e. The monoisotopic (exact) mass is 484 g/mol. The van der Waals surface area contributed by atoms with E-state index in [0.29, 0.717) is 16.5 Å². The first-order valence-electron chi connectivity index (χ1n) is 8.68. The molecule has 9 nitrogen and oxygen atoms in total. The van der Waals surface area contributed by atoms with Gasteiger partial charge in [-0.3, -0.25) is 14.9 Å². The molecule has 2 heterocycles. The SMILES string of the molecule is CC1=NN(c2nc(-c3ccc(Br)cc3)cs2)C(=O)[C@H]1N=Nc1ccc([N+](=O)[O-])cc1. The van der Waals surface area contributed by atoms with Gasteiger partial charge in [0.2, 0.25) is 5.13 Å². The van der Waals surface area contributed by atoms with E-state index in [1.807, 2.05) is 29.6 Å². The highest BCUT2D eigenvalue weighted by atomic mass is 79.9. The number of aromatic nitrogens is 1. The molecule has 0 saturated heterocycles. The van der Waals surface area contributed by atoms with Crippen molar-refractivity contribution in [1.82, 2.24) is 4.98 Å². The Hall–Kier alpha value is -3.31. The highest BCUT2D eigenvalue weighted by Gasteiger charge is 2.36. The highest BCUT2D eigenvalue weighted by Crippen LogP contribution is 2.31. The van der Waals surface area contributed by atoms with Gasteiger partial charge in [-0.05, 0) is 31.2 Å². The fourth-order valence-corrected chi connectivity index (χ4v) is 3.76. The summed E-state index contributed by atoms with van der Waals surface area (Å²) in [6.45, 7) is 1.70. The number of benzene rings is 2. The molecule has 4 rings (SSSR count). The van der Waals surface area contributed by atoms with Crippen molar-refractivity contribution in [2.24, 2.45) is 15.3 Å². The Morgan fingerprint density at radius 1 is 1.17 bits per heavy atom. The van der Waals surface area contributed by atoms with Crippen LogP contribution in [-0.2, 0) is 4.79 Å². The first-order chi connectivity index (χ1) is 14.4. The third-order valence-electron chi connectivity index (χ3n) is 4.26. The predicted molar refractivity (Wildman–Crippen MR) is 117 cm³/mol. The van der Waals surface area contributed by atoms with Crippen LogP contribution in [0.3, 0.4) is 0 Å². The fraction of sp³-hybridized carbons (Fsp3) is 0.105. The Bertz CT molecular complexity index is 1170. The molecule has 1 aliphatic rings. The lowest BCUT2D eigenvalue weighted by atomic mass is 10.2. The second-order valence-electron chi connectivity index (χ2n) is 6.31. The molecule has 3 aromatic rings. The summed E-state index contributed by atoms with van der Waals surface area (Å²) < 4.78 is 0.970. The van der Waals surface area contributed by atoms with Crippen molar-refractivity contribution in [2.45, 2.75) is 13.0 Å². The number of rotatable bonds is 5. The van der Waals surface area contributed by atoms with Crippen LogP contribution in [0.4, 0.5) is 16.5 Å². The number of anilines is 1. The van der Waals surface area contributed by atoms with Gasteiger partial charge in [-0.25, -0.2) is 4.98 Å². The maximum absolute atomic E-state index is 12.8. The van der Waals surface area contributed by atoms with Gasteiger partial charge in [0, 0.05) is 27.5 Å². The van der Waals surface area contributed by atoms with Crippen LogP contribution < -0.4 is 5.01 Å². The van der Waals surface area contributed by atoms with Gasteiger partial charge in [-0.2, -0.15) is 20.3 Å². The Labute approximate surface area is 183 Å². The van der Waals surface area contributed by atoms with Crippen LogP contribution in [0, 0.1) is 10.1 Å². The number of hydrazone groups is 1. The predicted octanol–water partition coefficient (Wildman–Crippen LogP) is 5.36. The number of hydrogen-bond acceptors (Lipinski definition) is 8. The molecule has 1 aromatic heterocycles. The minimum Gasteiger partial charge on any atom is -0.269 e. The summed E-state index contributed by atoms with van der Waals surface area (Å²) in [5, 5.41) is 26.7. The standard InChI is InChI=1S/C19H13BrN6O3S/c1-11-17(23-22-14-6-8-15(9-7-14)26(28)29)18(27)25(24-11)19-21-16(10-30-19)12-2-4-13(20)5-3-12/h2-10,17H,1H3/t17-/m0/s1. The molecule has 0 spiro atoms. The summed E-state index contributed by atoms with van der Waals surface area (Å²) in [5.41, 5.74) is 2.54. The fourth-order valence-electron chi connectivity index (χ4n) is 2.71. The number of azo groups is 1. The molecule has 2 aromatic carbocycles.